The Bertz CT molecular complexity index is 595. The molecule has 5 nitrogen and oxygen atoms in total. The molecular weight excluding hydrogens is 288 g/mol. The zero-order valence-corrected chi connectivity index (χ0v) is 12.5. The SMILES string of the molecule is COc1ccc(Cl)c(S(=O)(=O)N(C)C(C)CC#N)c1. The van der Waals surface area contributed by atoms with Crippen LogP contribution in [0.3, 0.4) is 0 Å². The number of nitriles is 1. The Kier molecular flexibility index (Phi) is 5.18. The Morgan fingerprint density at radius 3 is 2.68 bits per heavy atom. The van der Waals surface area contributed by atoms with Crippen molar-refractivity contribution in [2.45, 2.75) is 24.3 Å². The van der Waals surface area contributed by atoms with Crippen LogP contribution in [0.2, 0.25) is 5.02 Å². The highest BCUT2D eigenvalue weighted by atomic mass is 35.5. The molecule has 1 aromatic carbocycles. The molecule has 0 aliphatic heterocycles. The van der Waals surface area contributed by atoms with E-state index < -0.39 is 16.1 Å². The summed E-state index contributed by atoms with van der Waals surface area (Å²) in [6, 6.07) is 5.93. The fraction of sp³-hybridized carbons (Fsp3) is 0.417. The van der Waals surface area contributed by atoms with Gasteiger partial charge in [-0.2, -0.15) is 9.57 Å². The molecule has 0 saturated heterocycles. The molecule has 1 aromatic rings. The summed E-state index contributed by atoms with van der Waals surface area (Å²) in [6.45, 7) is 1.66. The maximum absolute atomic E-state index is 12.4. The number of halogens is 1. The molecule has 1 atom stereocenters. The average molecular weight is 303 g/mol. The van der Waals surface area contributed by atoms with E-state index in [4.69, 9.17) is 21.6 Å². The minimum Gasteiger partial charge on any atom is -0.497 e. The molecule has 0 spiro atoms. The molecule has 0 aromatic heterocycles. The lowest BCUT2D eigenvalue weighted by atomic mass is 10.3. The number of ether oxygens (including phenoxy) is 1. The fourth-order valence-electron chi connectivity index (χ4n) is 1.46. The van der Waals surface area contributed by atoms with Crippen LogP contribution in [0.1, 0.15) is 13.3 Å². The van der Waals surface area contributed by atoms with Gasteiger partial charge >= 0.3 is 0 Å². The predicted octanol–water partition coefficient (Wildman–Crippen LogP) is 2.27. The number of sulfonamides is 1. The summed E-state index contributed by atoms with van der Waals surface area (Å²) in [5, 5.41) is 8.76. The van der Waals surface area contributed by atoms with Crippen molar-refractivity contribution in [3.63, 3.8) is 0 Å². The van der Waals surface area contributed by atoms with E-state index in [2.05, 4.69) is 0 Å². The van der Waals surface area contributed by atoms with Crippen molar-refractivity contribution < 1.29 is 13.2 Å². The van der Waals surface area contributed by atoms with E-state index >= 15 is 0 Å². The number of hydrogen-bond acceptors (Lipinski definition) is 4. The Labute approximate surface area is 118 Å². The summed E-state index contributed by atoms with van der Waals surface area (Å²) in [7, 11) is -0.884. The van der Waals surface area contributed by atoms with Crippen molar-refractivity contribution >= 4 is 21.6 Å². The Balaban J connectivity index is 3.24. The van der Waals surface area contributed by atoms with Gasteiger partial charge in [-0.15, -0.1) is 0 Å². The summed E-state index contributed by atoms with van der Waals surface area (Å²) < 4.78 is 31.0. The van der Waals surface area contributed by atoms with Crippen molar-refractivity contribution in [3.8, 4) is 11.8 Å². The highest BCUT2D eigenvalue weighted by Gasteiger charge is 2.27. The predicted molar refractivity (Wildman–Crippen MR) is 72.6 cm³/mol. The Morgan fingerprint density at radius 1 is 1.53 bits per heavy atom. The van der Waals surface area contributed by atoms with E-state index in [0.29, 0.717) is 5.75 Å². The van der Waals surface area contributed by atoms with Gasteiger partial charge in [0.05, 0.1) is 24.6 Å². The van der Waals surface area contributed by atoms with Crippen LogP contribution in [0.5, 0.6) is 5.75 Å². The number of nitrogens with zero attached hydrogens (tertiary/aromatic N) is 2. The lowest BCUT2D eigenvalue weighted by Crippen LogP contribution is -2.35. The zero-order valence-electron chi connectivity index (χ0n) is 10.9. The molecule has 19 heavy (non-hydrogen) atoms. The molecule has 0 saturated carbocycles. The number of hydrogen-bond donors (Lipinski definition) is 0. The molecule has 0 aliphatic carbocycles. The van der Waals surface area contributed by atoms with Crippen LogP contribution < -0.4 is 4.74 Å². The molecule has 0 heterocycles. The van der Waals surface area contributed by atoms with Crippen molar-refractivity contribution in [3.05, 3.63) is 23.2 Å². The van der Waals surface area contributed by atoms with Crippen LogP contribution in [0.4, 0.5) is 0 Å². The van der Waals surface area contributed by atoms with Gasteiger partial charge in [0.2, 0.25) is 10.0 Å². The fourth-order valence-corrected chi connectivity index (χ4v) is 3.31. The Hall–Kier alpha value is -1.29. The van der Waals surface area contributed by atoms with Crippen molar-refractivity contribution in [2.75, 3.05) is 14.2 Å². The van der Waals surface area contributed by atoms with Crippen molar-refractivity contribution in [1.29, 1.82) is 5.26 Å². The smallest absolute Gasteiger partial charge is 0.244 e. The first-order valence-electron chi connectivity index (χ1n) is 5.53. The van der Waals surface area contributed by atoms with E-state index in [9.17, 15) is 8.42 Å². The van der Waals surface area contributed by atoms with E-state index in [-0.39, 0.29) is 16.3 Å². The van der Waals surface area contributed by atoms with Gasteiger partial charge in [0.25, 0.3) is 0 Å². The topological polar surface area (TPSA) is 70.4 Å². The summed E-state index contributed by atoms with van der Waals surface area (Å²) in [5.41, 5.74) is 0. The van der Waals surface area contributed by atoms with Crippen molar-refractivity contribution in [2.24, 2.45) is 0 Å². The van der Waals surface area contributed by atoms with Crippen LogP contribution >= 0.6 is 11.6 Å². The van der Waals surface area contributed by atoms with Crippen LogP contribution in [0.25, 0.3) is 0 Å². The largest absolute Gasteiger partial charge is 0.497 e. The molecule has 0 radical (unpaired) electrons. The molecular formula is C12H15ClN2O3S. The van der Waals surface area contributed by atoms with Gasteiger partial charge in [-0.25, -0.2) is 8.42 Å². The molecule has 0 bridgehead atoms. The molecule has 0 amide bonds. The average Bonchev–Trinajstić information content (AvgIpc) is 2.38. The lowest BCUT2D eigenvalue weighted by Gasteiger charge is -2.23. The minimum atomic E-state index is -3.75. The molecule has 1 unspecified atom stereocenters. The van der Waals surface area contributed by atoms with Gasteiger partial charge in [0.1, 0.15) is 10.6 Å². The first-order valence-corrected chi connectivity index (χ1v) is 7.35. The third kappa shape index (κ3) is 3.38. The van der Waals surface area contributed by atoms with Crippen LogP contribution in [-0.2, 0) is 10.0 Å². The highest BCUT2D eigenvalue weighted by molar-refractivity contribution is 7.89. The van der Waals surface area contributed by atoms with E-state index in [0.717, 1.165) is 4.31 Å². The zero-order chi connectivity index (χ0) is 14.6. The van der Waals surface area contributed by atoms with Gasteiger partial charge in [-0.1, -0.05) is 11.6 Å². The third-order valence-corrected chi connectivity index (χ3v) is 5.26. The maximum atomic E-state index is 12.4. The van der Waals surface area contributed by atoms with Gasteiger partial charge in [0, 0.05) is 19.2 Å². The monoisotopic (exact) mass is 302 g/mol. The van der Waals surface area contributed by atoms with Gasteiger partial charge in [-0.05, 0) is 19.1 Å². The van der Waals surface area contributed by atoms with E-state index in [1.807, 2.05) is 6.07 Å². The molecule has 7 heteroatoms. The normalized spacial score (nSPS) is 13.1. The Morgan fingerprint density at radius 2 is 2.16 bits per heavy atom. The van der Waals surface area contributed by atoms with Crippen LogP contribution in [-0.4, -0.2) is 32.9 Å². The summed E-state index contributed by atoms with van der Waals surface area (Å²) in [6.07, 6.45) is 0.108. The van der Waals surface area contributed by atoms with Gasteiger partial charge in [-0.3, -0.25) is 0 Å². The van der Waals surface area contributed by atoms with Gasteiger partial charge in [0.15, 0.2) is 0 Å². The van der Waals surface area contributed by atoms with Crippen molar-refractivity contribution in [1.82, 2.24) is 4.31 Å². The molecule has 0 fully saturated rings. The van der Waals surface area contributed by atoms with Gasteiger partial charge < -0.3 is 4.74 Å². The second-order valence-corrected chi connectivity index (χ2v) is 6.40. The van der Waals surface area contributed by atoms with E-state index in [1.54, 1.807) is 13.0 Å². The molecule has 1 rings (SSSR count). The molecule has 0 N–H and O–H groups in total. The van der Waals surface area contributed by atoms with Crippen LogP contribution in [0, 0.1) is 11.3 Å². The molecule has 0 aliphatic rings. The lowest BCUT2D eigenvalue weighted by molar-refractivity contribution is 0.391. The maximum Gasteiger partial charge on any atom is 0.244 e. The second kappa shape index (κ2) is 6.24. The third-order valence-electron chi connectivity index (χ3n) is 2.80. The molecule has 104 valence electrons. The standard InChI is InChI=1S/C12H15ClN2O3S/c1-9(6-7-14)15(2)19(16,17)12-8-10(18-3)4-5-11(12)13/h4-5,8-9H,6H2,1-3H3. The van der Waals surface area contributed by atoms with E-state index in [1.165, 1.54) is 26.3 Å². The number of rotatable bonds is 5. The highest BCUT2D eigenvalue weighted by Crippen LogP contribution is 2.29. The minimum absolute atomic E-state index is 0.0270. The number of benzene rings is 1. The number of methoxy groups -OCH3 is 1. The summed E-state index contributed by atoms with van der Waals surface area (Å²) >= 11 is 5.94. The first kappa shape index (κ1) is 15.8. The second-order valence-electron chi connectivity index (χ2n) is 4.03. The quantitative estimate of drug-likeness (QED) is 0.836. The first-order chi connectivity index (χ1) is 8.84. The summed E-state index contributed by atoms with van der Waals surface area (Å²) in [5.74, 6) is 0.407. The summed E-state index contributed by atoms with van der Waals surface area (Å²) in [4.78, 5) is -0.0270. The van der Waals surface area contributed by atoms with Crippen LogP contribution in [0.15, 0.2) is 23.1 Å².